The first-order valence-corrected chi connectivity index (χ1v) is 11.0. The summed E-state index contributed by atoms with van der Waals surface area (Å²) >= 11 is 0. The lowest BCUT2D eigenvalue weighted by Gasteiger charge is -2.35. The SMILES string of the molecule is COC(=O)C(CC(C)C)(NC(=O)CNC(=O)OCC1c2ccccc2-c2ccccc21)C(F)(F)F. The fourth-order valence-corrected chi connectivity index (χ4v) is 4.36. The summed E-state index contributed by atoms with van der Waals surface area (Å²) in [5.74, 6) is -3.65. The smallest absolute Gasteiger partial charge is 0.422 e. The Morgan fingerprint density at radius 3 is 2.00 bits per heavy atom. The molecule has 7 nitrogen and oxygen atoms in total. The average molecular weight is 492 g/mol. The summed E-state index contributed by atoms with van der Waals surface area (Å²) < 4.78 is 51.1. The Hall–Kier alpha value is -3.56. The second-order valence-electron chi connectivity index (χ2n) is 8.72. The van der Waals surface area contributed by atoms with Crippen molar-refractivity contribution in [3.8, 4) is 11.1 Å². The Bertz CT molecular complexity index is 1060. The van der Waals surface area contributed by atoms with Gasteiger partial charge < -0.3 is 20.1 Å². The van der Waals surface area contributed by atoms with Crippen molar-refractivity contribution in [3.63, 3.8) is 0 Å². The van der Waals surface area contributed by atoms with Gasteiger partial charge in [-0.15, -0.1) is 0 Å². The van der Waals surface area contributed by atoms with Gasteiger partial charge in [-0.2, -0.15) is 13.2 Å². The van der Waals surface area contributed by atoms with Crippen LogP contribution in [0.3, 0.4) is 0 Å². The third-order valence-electron chi connectivity index (χ3n) is 5.82. The summed E-state index contributed by atoms with van der Waals surface area (Å²) in [5, 5.41) is 3.87. The molecule has 1 aliphatic carbocycles. The number of alkyl carbamates (subject to hydrolysis) is 1. The number of rotatable bonds is 8. The highest BCUT2D eigenvalue weighted by molar-refractivity contribution is 5.90. The lowest BCUT2D eigenvalue weighted by atomic mass is 9.87. The molecule has 1 aliphatic rings. The predicted octanol–water partition coefficient (Wildman–Crippen LogP) is 4.16. The summed E-state index contributed by atoms with van der Waals surface area (Å²) in [6, 6.07) is 15.4. The number of amides is 2. The van der Waals surface area contributed by atoms with Gasteiger partial charge in [0, 0.05) is 5.92 Å². The number of alkyl halides is 3. The van der Waals surface area contributed by atoms with Crippen molar-refractivity contribution in [2.45, 2.75) is 37.9 Å². The van der Waals surface area contributed by atoms with Crippen LogP contribution in [0, 0.1) is 5.92 Å². The molecule has 0 aromatic heterocycles. The van der Waals surface area contributed by atoms with E-state index in [-0.39, 0.29) is 12.5 Å². The molecule has 10 heteroatoms. The van der Waals surface area contributed by atoms with Crippen molar-refractivity contribution >= 4 is 18.0 Å². The zero-order valence-corrected chi connectivity index (χ0v) is 19.6. The third-order valence-corrected chi connectivity index (χ3v) is 5.82. The molecule has 188 valence electrons. The summed E-state index contributed by atoms with van der Waals surface area (Å²) in [7, 11) is 0.810. The van der Waals surface area contributed by atoms with Gasteiger partial charge in [-0.05, 0) is 34.6 Å². The van der Waals surface area contributed by atoms with Gasteiger partial charge >= 0.3 is 18.2 Å². The van der Waals surface area contributed by atoms with Crippen LogP contribution >= 0.6 is 0 Å². The number of esters is 1. The fraction of sp³-hybridized carbons (Fsp3) is 0.400. The quantitative estimate of drug-likeness (QED) is 0.540. The van der Waals surface area contributed by atoms with Crippen LogP contribution in [0.25, 0.3) is 11.1 Å². The summed E-state index contributed by atoms with van der Waals surface area (Å²) in [6.45, 7) is 2.11. The number of fused-ring (bicyclic) bond motifs is 3. The Kier molecular flexibility index (Phi) is 7.72. The van der Waals surface area contributed by atoms with E-state index < -0.39 is 48.6 Å². The summed E-state index contributed by atoms with van der Waals surface area (Å²) in [5.41, 5.74) is 0.818. The standard InChI is InChI=1S/C25H27F3N2O5/c1-15(2)12-24(22(32)34-3,25(26,27)28)30-21(31)13-29-23(33)35-14-20-18-10-6-4-8-16(18)17-9-5-7-11-19(17)20/h4-11,15,20H,12-14H2,1-3H3,(H,29,33)(H,30,31). The largest absolute Gasteiger partial charge is 0.467 e. The van der Waals surface area contributed by atoms with Gasteiger partial charge in [0.15, 0.2) is 0 Å². The molecule has 3 rings (SSSR count). The first kappa shape index (κ1) is 26.1. The van der Waals surface area contributed by atoms with Gasteiger partial charge in [0.1, 0.15) is 13.2 Å². The third kappa shape index (κ3) is 5.41. The zero-order chi connectivity index (χ0) is 25.8. The first-order chi connectivity index (χ1) is 16.5. The summed E-state index contributed by atoms with van der Waals surface area (Å²) in [6.07, 6.45) is -6.80. The molecule has 0 saturated carbocycles. The van der Waals surface area contributed by atoms with Gasteiger partial charge in [0.2, 0.25) is 11.4 Å². The molecule has 0 heterocycles. The highest BCUT2D eigenvalue weighted by Gasteiger charge is 2.62. The van der Waals surface area contributed by atoms with Crippen molar-refractivity contribution in [1.82, 2.24) is 10.6 Å². The molecule has 35 heavy (non-hydrogen) atoms. The van der Waals surface area contributed by atoms with E-state index in [1.165, 1.54) is 13.8 Å². The maximum absolute atomic E-state index is 13.8. The molecule has 0 radical (unpaired) electrons. The van der Waals surface area contributed by atoms with Crippen molar-refractivity contribution in [2.24, 2.45) is 5.92 Å². The van der Waals surface area contributed by atoms with Crippen molar-refractivity contribution < 1.29 is 37.0 Å². The maximum Gasteiger partial charge on any atom is 0.422 e. The van der Waals surface area contributed by atoms with Gasteiger partial charge in [-0.25, -0.2) is 9.59 Å². The van der Waals surface area contributed by atoms with Crippen LogP contribution in [0.2, 0.25) is 0 Å². The van der Waals surface area contributed by atoms with Gasteiger partial charge in [-0.3, -0.25) is 4.79 Å². The van der Waals surface area contributed by atoms with Crippen LogP contribution < -0.4 is 10.6 Å². The molecular formula is C25H27F3N2O5. The zero-order valence-electron chi connectivity index (χ0n) is 19.6. The van der Waals surface area contributed by atoms with E-state index in [0.29, 0.717) is 0 Å². The minimum atomic E-state index is -5.11. The minimum absolute atomic E-state index is 0.0243. The molecule has 2 aromatic carbocycles. The number of carbonyl (C=O) groups excluding carboxylic acids is 3. The molecule has 0 spiro atoms. The number of methoxy groups -OCH3 is 1. The highest BCUT2D eigenvalue weighted by Crippen LogP contribution is 2.44. The van der Waals surface area contributed by atoms with Crippen molar-refractivity contribution in [1.29, 1.82) is 0 Å². The van der Waals surface area contributed by atoms with E-state index in [2.05, 4.69) is 10.1 Å². The molecule has 0 fully saturated rings. The average Bonchev–Trinajstić information content (AvgIpc) is 3.13. The number of hydrogen-bond donors (Lipinski definition) is 2. The first-order valence-electron chi connectivity index (χ1n) is 11.0. The summed E-state index contributed by atoms with van der Waals surface area (Å²) in [4.78, 5) is 36.6. The van der Waals surface area contributed by atoms with E-state index >= 15 is 0 Å². The number of hydrogen-bond acceptors (Lipinski definition) is 5. The fourth-order valence-electron chi connectivity index (χ4n) is 4.36. The number of carbonyl (C=O) groups is 3. The Labute approximate surface area is 201 Å². The Balaban J connectivity index is 1.63. The van der Waals surface area contributed by atoms with Gasteiger partial charge in [-0.1, -0.05) is 62.4 Å². The second-order valence-corrected chi connectivity index (χ2v) is 8.72. The number of nitrogens with one attached hydrogen (secondary N) is 2. The molecule has 1 atom stereocenters. The topological polar surface area (TPSA) is 93.7 Å². The lowest BCUT2D eigenvalue weighted by molar-refractivity contribution is -0.216. The lowest BCUT2D eigenvalue weighted by Crippen LogP contribution is -2.66. The van der Waals surface area contributed by atoms with Crippen LogP contribution in [0.15, 0.2) is 48.5 Å². The van der Waals surface area contributed by atoms with Crippen LogP contribution in [0.1, 0.15) is 37.3 Å². The molecule has 1 unspecified atom stereocenters. The van der Waals surface area contributed by atoms with Crippen LogP contribution in [0.5, 0.6) is 0 Å². The van der Waals surface area contributed by atoms with Crippen LogP contribution in [-0.2, 0) is 19.1 Å². The van der Waals surface area contributed by atoms with E-state index in [4.69, 9.17) is 4.74 Å². The molecule has 2 amide bonds. The van der Waals surface area contributed by atoms with E-state index in [1.54, 1.807) is 5.32 Å². The second kappa shape index (κ2) is 10.4. The van der Waals surface area contributed by atoms with Gasteiger partial charge in [0.25, 0.3) is 0 Å². The Morgan fingerprint density at radius 2 is 1.51 bits per heavy atom. The molecule has 2 N–H and O–H groups in total. The molecular weight excluding hydrogens is 465 g/mol. The van der Waals surface area contributed by atoms with Gasteiger partial charge in [0.05, 0.1) is 7.11 Å². The number of benzene rings is 2. The molecule has 0 aliphatic heterocycles. The molecule has 0 saturated heterocycles. The van der Waals surface area contributed by atoms with Crippen molar-refractivity contribution in [2.75, 3.05) is 20.3 Å². The number of halogens is 3. The number of ether oxygens (including phenoxy) is 2. The van der Waals surface area contributed by atoms with Crippen LogP contribution in [-0.4, -0.2) is 49.9 Å². The molecule has 0 bridgehead atoms. The van der Waals surface area contributed by atoms with Crippen LogP contribution in [0.4, 0.5) is 18.0 Å². The minimum Gasteiger partial charge on any atom is -0.467 e. The predicted molar refractivity (Wildman–Crippen MR) is 121 cm³/mol. The normalized spacial score (nSPS) is 14.5. The highest BCUT2D eigenvalue weighted by atomic mass is 19.4. The maximum atomic E-state index is 13.8. The van der Waals surface area contributed by atoms with E-state index in [9.17, 15) is 27.6 Å². The van der Waals surface area contributed by atoms with E-state index in [1.807, 2.05) is 48.5 Å². The molecule has 2 aromatic rings. The monoisotopic (exact) mass is 492 g/mol. The van der Waals surface area contributed by atoms with Crippen molar-refractivity contribution in [3.05, 3.63) is 59.7 Å². The van der Waals surface area contributed by atoms with E-state index in [0.717, 1.165) is 29.4 Å². The Morgan fingerprint density at radius 1 is 0.971 bits per heavy atom.